The average molecular weight is 912 g/mol. The van der Waals surface area contributed by atoms with Crippen LogP contribution in [-0.2, 0) is 4.74 Å². The van der Waals surface area contributed by atoms with Crippen LogP contribution in [0.3, 0.4) is 0 Å². The Balaban J connectivity index is 0.000000209. The largest absolute Gasteiger partial charge is 0.381 e. The first-order valence-electron chi connectivity index (χ1n) is 14.3. The zero-order valence-corrected chi connectivity index (χ0v) is 31.7. The summed E-state index contributed by atoms with van der Waals surface area (Å²) in [5.74, 6) is 1.62. The number of piperazine rings is 1. The third kappa shape index (κ3) is 18.5. The summed E-state index contributed by atoms with van der Waals surface area (Å²) in [5.41, 5.74) is 1.65. The molecule has 0 bridgehead atoms. The highest BCUT2D eigenvalue weighted by Crippen LogP contribution is 2.15. The van der Waals surface area contributed by atoms with Gasteiger partial charge in [-0.15, -0.1) is 10.2 Å². The first kappa shape index (κ1) is 40.4. The molecular weight excluding hydrogens is 872 g/mol. The quantitative estimate of drug-likeness (QED) is 0.201. The van der Waals surface area contributed by atoms with E-state index in [0.29, 0.717) is 15.6 Å². The molecule has 3 aliphatic rings. The van der Waals surface area contributed by atoms with Gasteiger partial charge in [0.2, 0.25) is 5.13 Å². The SMILES string of the molecule is Brc1cnc(Br)cn1.Brc1cnc(N2CCNCC2)cn1.Brc1cnc(Nc2nncs2)cn1.C.C1CCNCC1.C1CCOC1. The Morgan fingerprint density at radius 1 is 0.652 bits per heavy atom. The third-order valence-electron chi connectivity index (χ3n) is 5.89. The number of nitrogens with one attached hydrogen (secondary N) is 3. The maximum absolute atomic E-state index is 4.94. The van der Waals surface area contributed by atoms with Gasteiger partial charge in [0, 0.05) is 39.4 Å². The predicted molar refractivity (Wildman–Crippen MR) is 199 cm³/mol. The highest BCUT2D eigenvalue weighted by molar-refractivity contribution is 9.11. The number of aromatic nitrogens is 8. The molecule has 7 heterocycles. The number of hydrogen-bond donors (Lipinski definition) is 3. The lowest BCUT2D eigenvalue weighted by Crippen LogP contribution is -2.43. The Labute approximate surface area is 308 Å². The summed E-state index contributed by atoms with van der Waals surface area (Å²) >= 11 is 14.2. The maximum atomic E-state index is 4.94. The molecule has 46 heavy (non-hydrogen) atoms. The van der Waals surface area contributed by atoms with Crippen LogP contribution in [0.15, 0.2) is 61.1 Å². The Morgan fingerprint density at radius 3 is 1.59 bits per heavy atom. The fourth-order valence-electron chi connectivity index (χ4n) is 3.69. The van der Waals surface area contributed by atoms with Crippen molar-refractivity contribution in [1.29, 1.82) is 0 Å². The van der Waals surface area contributed by atoms with Gasteiger partial charge < -0.3 is 25.6 Å². The molecule has 0 radical (unpaired) electrons. The number of rotatable bonds is 3. The number of hydrogen-bond acceptors (Lipinski definition) is 14. The van der Waals surface area contributed by atoms with Gasteiger partial charge in [0.1, 0.15) is 29.7 Å². The van der Waals surface area contributed by atoms with Crippen molar-refractivity contribution < 1.29 is 4.74 Å². The van der Waals surface area contributed by atoms with Crippen LogP contribution in [0, 0.1) is 0 Å². The van der Waals surface area contributed by atoms with Gasteiger partial charge in [-0.05, 0) is 102 Å². The van der Waals surface area contributed by atoms with Crippen molar-refractivity contribution in [3.05, 3.63) is 61.1 Å². The number of ether oxygens (including phenoxy) is 1. The second-order valence-corrected chi connectivity index (χ2v) is 13.4. The zero-order chi connectivity index (χ0) is 32.0. The lowest BCUT2D eigenvalue weighted by molar-refractivity contribution is 0.198. The van der Waals surface area contributed by atoms with Crippen LogP contribution in [0.1, 0.15) is 39.5 Å². The number of nitrogens with zero attached hydrogens (tertiary/aromatic N) is 9. The minimum absolute atomic E-state index is 0. The van der Waals surface area contributed by atoms with Crippen molar-refractivity contribution in [3.63, 3.8) is 0 Å². The lowest BCUT2D eigenvalue weighted by atomic mass is 10.2. The van der Waals surface area contributed by atoms with Crippen LogP contribution in [0.5, 0.6) is 0 Å². The standard InChI is InChI=1S/C8H11BrN4.C6H4BrN5S.C5H11N.C4H2Br2N2.C4H8O.CH4/c9-7-5-12-8(6-11-7)13-3-1-10-2-4-13;7-4-1-9-5(2-8-4)11-6-12-10-3-13-6;1-2-4-6-5-3-1;5-3-1-7-4(6)2-8-3;1-2-4-5-3-1;/h5-6,10H,1-4H2;1-3H,(H,9,11,12);6H,1-5H2;1-2H;1-4H2;1H4. The molecule has 0 unspecified atom stereocenters. The van der Waals surface area contributed by atoms with Crippen LogP contribution < -0.4 is 20.9 Å². The highest BCUT2D eigenvalue weighted by Gasteiger charge is 2.11. The minimum atomic E-state index is 0. The van der Waals surface area contributed by atoms with E-state index in [2.05, 4.69) is 125 Å². The molecule has 0 spiro atoms. The van der Waals surface area contributed by atoms with Gasteiger partial charge in [-0.25, -0.2) is 29.9 Å². The van der Waals surface area contributed by atoms with Gasteiger partial charge in [-0.2, -0.15) is 0 Å². The van der Waals surface area contributed by atoms with Gasteiger partial charge >= 0.3 is 0 Å². The monoisotopic (exact) mass is 908 g/mol. The smallest absolute Gasteiger partial charge is 0.211 e. The summed E-state index contributed by atoms with van der Waals surface area (Å²) in [4.78, 5) is 26.5. The molecule has 0 aromatic carbocycles. The van der Waals surface area contributed by atoms with Crippen LogP contribution in [0.4, 0.5) is 16.8 Å². The topological polar surface area (TPSA) is 152 Å². The lowest BCUT2D eigenvalue weighted by Gasteiger charge is -2.27. The maximum Gasteiger partial charge on any atom is 0.211 e. The van der Waals surface area contributed by atoms with Gasteiger partial charge in [0.25, 0.3) is 0 Å². The third-order valence-corrected chi connectivity index (χ3v) is 8.13. The van der Waals surface area contributed by atoms with E-state index in [1.54, 1.807) is 42.7 Å². The van der Waals surface area contributed by atoms with E-state index < -0.39 is 0 Å². The molecule has 4 aromatic rings. The molecule has 0 amide bonds. The number of halogens is 4. The molecule has 7 rings (SSSR count). The molecule has 0 atom stereocenters. The molecule has 13 nitrogen and oxygen atoms in total. The summed E-state index contributed by atoms with van der Waals surface area (Å²) in [7, 11) is 0. The second-order valence-electron chi connectivity index (χ2n) is 9.32. The molecular formula is C28H40Br4N12OS. The van der Waals surface area contributed by atoms with Crippen molar-refractivity contribution in [2.45, 2.75) is 39.5 Å². The molecule has 0 aliphatic carbocycles. The van der Waals surface area contributed by atoms with Crippen molar-refractivity contribution in [2.75, 3.05) is 62.7 Å². The Hall–Kier alpha value is -1.80. The van der Waals surface area contributed by atoms with E-state index >= 15 is 0 Å². The summed E-state index contributed by atoms with van der Waals surface area (Å²) in [6.45, 7) is 8.57. The van der Waals surface area contributed by atoms with E-state index in [0.717, 1.165) is 59.0 Å². The normalized spacial score (nSPS) is 15.1. The summed E-state index contributed by atoms with van der Waals surface area (Å²) in [5, 5.41) is 17.7. The van der Waals surface area contributed by atoms with Gasteiger partial charge in [0.05, 0.1) is 37.2 Å². The van der Waals surface area contributed by atoms with Gasteiger partial charge in [0.15, 0.2) is 5.82 Å². The van der Waals surface area contributed by atoms with Crippen molar-refractivity contribution in [3.8, 4) is 0 Å². The van der Waals surface area contributed by atoms with E-state index in [4.69, 9.17) is 4.74 Å². The molecule has 18 heteroatoms. The molecule has 252 valence electrons. The molecule has 0 saturated carbocycles. The second kappa shape index (κ2) is 25.2. The van der Waals surface area contributed by atoms with Crippen molar-refractivity contribution in [2.24, 2.45) is 0 Å². The molecule has 4 aromatic heterocycles. The average Bonchev–Trinajstić information content (AvgIpc) is 3.85. The number of piperidine rings is 1. The van der Waals surface area contributed by atoms with E-state index in [1.165, 1.54) is 56.5 Å². The van der Waals surface area contributed by atoms with Gasteiger partial charge in [-0.3, -0.25) is 0 Å². The van der Waals surface area contributed by atoms with E-state index in [1.807, 2.05) is 0 Å². The van der Waals surface area contributed by atoms with Gasteiger partial charge in [-0.1, -0.05) is 25.2 Å². The Bertz CT molecular complexity index is 1240. The van der Waals surface area contributed by atoms with Crippen molar-refractivity contribution in [1.82, 2.24) is 50.7 Å². The molecule has 3 saturated heterocycles. The zero-order valence-electron chi connectivity index (χ0n) is 24.6. The summed E-state index contributed by atoms with van der Waals surface area (Å²) in [6, 6.07) is 0. The molecule has 3 fully saturated rings. The highest BCUT2D eigenvalue weighted by atomic mass is 79.9. The molecule has 3 N–H and O–H groups in total. The van der Waals surface area contributed by atoms with Crippen LogP contribution >= 0.6 is 75.1 Å². The van der Waals surface area contributed by atoms with E-state index in [9.17, 15) is 0 Å². The van der Waals surface area contributed by atoms with Crippen molar-refractivity contribution >= 4 is 91.8 Å². The summed E-state index contributed by atoms with van der Waals surface area (Å²) in [6.07, 6.45) is 16.8. The fourth-order valence-corrected chi connectivity index (χ4v) is 4.96. The Morgan fingerprint density at radius 2 is 1.20 bits per heavy atom. The first-order chi connectivity index (χ1) is 22.0. The summed E-state index contributed by atoms with van der Waals surface area (Å²) < 4.78 is 7.93. The van der Waals surface area contributed by atoms with Crippen LogP contribution in [-0.4, -0.2) is 92.6 Å². The van der Waals surface area contributed by atoms with Crippen LogP contribution in [0.25, 0.3) is 0 Å². The first-order valence-corrected chi connectivity index (χ1v) is 18.4. The predicted octanol–water partition coefficient (Wildman–Crippen LogP) is 6.68. The number of anilines is 3. The minimum Gasteiger partial charge on any atom is -0.381 e. The Kier molecular flexibility index (Phi) is 22.2. The van der Waals surface area contributed by atoms with E-state index in [-0.39, 0.29) is 7.43 Å². The van der Waals surface area contributed by atoms with Crippen LogP contribution in [0.2, 0.25) is 0 Å². The fraction of sp³-hybridized carbons (Fsp3) is 0.500. The molecule has 3 aliphatic heterocycles.